The van der Waals surface area contributed by atoms with Crippen molar-refractivity contribution < 1.29 is 15.2 Å². The average molecular weight is 132 g/mol. The molecule has 0 atom stereocenters. The van der Waals surface area contributed by atoms with E-state index in [1.165, 1.54) is 0 Å². The van der Waals surface area contributed by atoms with Gasteiger partial charge in [0, 0.05) is 13.9 Å². The zero-order chi connectivity index (χ0) is 16.0. The van der Waals surface area contributed by atoms with Crippen molar-refractivity contribution in [3.63, 3.8) is 0 Å². The average Bonchev–Trinajstić information content (AvgIpc) is 2.21. The molecular weight excluding hydrogens is 110 g/mol. The number of para-hydroxylation sites is 1. The Hall–Kier alpha value is -0.980. The number of benzene rings is 1. The van der Waals surface area contributed by atoms with E-state index in [1.807, 2.05) is 0 Å². The first kappa shape index (κ1) is 1.09. The Morgan fingerprint density at radius 2 is 2.22 bits per heavy atom. The summed E-state index contributed by atoms with van der Waals surface area (Å²) in [4.78, 5) is 0. The van der Waals surface area contributed by atoms with Crippen LogP contribution < -0.4 is 5.72 Å². The molecule has 0 amide bonds. The van der Waals surface area contributed by atoms with Crippen LogP contribution in [0, 0.1) is 13.7 Å². The Morgan fingerprint density at radius 1 is 1.56 bits per heavy atom. The molecule has 0 aliphatic heterocycles. The summed E-state index contributed by atoms with van der Waals surface area (Å²) in [6.07, 6.45) is 0. The van der Waals surface area contributed by atoms with E-state index in [0.717, 1.165) is 0 Å². The number of anilines is 1. The largest absolute Gasteiger partial charge is 0.398 e. The van der Waals surface area contributed by atoms with E-state index >= 15 is 0 Å². The second-order valence-electron chi connectivity index (χ2n) is 1.47. The molecule has 0 aromatic heterocycles. The standard InChI is InChI=1S/C8H11N/c1-6-4-3-5-7(2)8(6)9/h3-5H,9H2,1-2H3/i1D3,2D3,3D,4D,5D/hD2. The van der Waals surface area contributed by atoms with Crippen molar-refractivity contribution in [1.29, 1.82) is 0 Å². The summed E-state index contributed by atoms with van der Waals surface area (Å²) in [7, 11) is 0. The Balaban J connectivity index is 4.01. The van der Waals surface area contributed by atoms with Crippen LogP contribution in [0.1, 0.15) is 23.5 Å². The highest BCUT2D eigenvalue weighted by molar-refractivity contribution is 5.52. The quantitative estimate of drug-likeness (QED) is 0.580. The van der Waals surface area contributed by atoms with Crippen molar-refractivity contribution in [3.8, 4) is 0 Å². The lowest BCUT2D eigenvalue weighted by Gasteiger charge is -2.00. The van der Waals surface area contributed by atoms with Gasteiger partial charge in [0.1, 0.15) is 0 Å². The van der Waals surface area contributed by atoms with Gasteiger partial charge >= 0.3 is 0 Å². The maximum absolute atomic E-state index is 7.58. The molecule has 48 valence electrons. The number of rotatable bonds is 1. The fourth-order valence-corrected chi connectivity index (χ4v) is 0.400. The van der Waals surface area contributed by atoms with E-state index in [-0.39, 0.29) is 5.72 Å². The molecule has 0 unspecified atom stereocenters. The SMILES string of the molecule is [2H]c1c([2H])c(C([2H])([2H])[2H])c(N([2H])[2H])c(C([2H])([2H])[2H])c1[2H]. The second kappa shape index (κ2) is 2.09. The van der Waals surface area contributed by atoms with Crippen molar-refractivity contribution in [2.45, 2.75) is 13.7 Å². The van der Waals surface area contributed by atoms with Crippen molar-refractivity contribution in [3.05, 3.63) is 29.3 Å². The molecule has 1 nitrogen and oxygen atoms in total. The highest BCUT2D eigenvalue weighted by atomic mass is 14.6. The molecule has 0 radical (unpaired) electrons. The molecule has 1 aromatic rings. The summed E-state index contributed by atoms with van der Waals surface area (Å²) in [5.41, 5.74) is -2.86. The molecule has 1 rings (SSSR count). The zero-order valence-corrected chi connectivity index (χ0v) is 4.45. The molecule has 0 heterocycles. The molecule has 0 aliphatic carbocycles. The van der Waals surface area contributed by atoms with E-state index in [2.05, 4.69) is 0 Å². The number of hydrogen-bond acceptors (Lipinski definition) is 1. The minimum atomic E-state index is -2.98. The number of hydrogen-bond donors (Lipinski definition) is 1. The van der Waals surface area contributed by atoms with Gasteiger partial charge in [-0.05, 0) is 24.8 Å². The Labute approximate surface area is 71.1 Å². The highest BCUT2D eigenvalue weighted by Gasteiger charge is 1.92. The predicted octanol–water partition coefficient (Wildman–Crippen LogP) is 1.89. The molecule has 0 saturated carbocycles. The van der Waals surface area contributed by atoms with Crippen LogP contribution in [0.15, 0.2) is 18.1 Å². The van der Waals surface area contributed by atoms with Crippen molar-refractivity contribution >= 4 is 5.69 Å². The predicted molar refractivity (Wildman–Crippen MR) is 40.3 cm³/mol. The van der Waals surface area contributed by atoms with E-state index in [9.17, 15) is 0 Å². The molecule has 2 N–H and O–H groups in total. The highest BCUT2D eigenvalue weighted by Crippen LogP contribution is 2.13. The van der Waals surface area contributed by atoms with Gasteiger partial charge in [0.15, 0.2) is 2.82 Å². The maximum Gasteiger partial charge on any atom is 0.156 e. The monoisotopic (exact) mass is 132 g/mol. The number of nitrogens with two attached hydrogens (primary N) is 1. The van der Waals surface area contributed by atoms with Crippen LogP contribution in [-0.4, -0.2) is 0 Å². The van der Waals surface area contributed by atoms with E-state index in [4.69, 9.17) is 15.2 Å². The molecule has 1 heteroatoms. The van der Waals surface area contributed by atoms with Crippen molar-refractivity contribution in [2.24, 2.45) is 0 Å². The molecule has 0 fully saturated rings. The first-order chi connectivity index (χ1) is 8.80. The van der Waals surface area contributed by atoms with E-state index in [0.29, 0.717) is 0 Å². The van der Waals surface area contributed by atoms with E-state index in [1.54, 1.807) is 0 Å². The summed E-state index contributed by atoms with van der Waals surface area (Å²) in [6, 6.07) is -2.60. The van der Waals surface area contributed by atoms with Crippen LogP contribution >= 0.6 is 0 Å². The topological polar surface area (TPSA) is 26.0 Å². The lowest BCUT2D eigenvalue weighted by Crippen LogP contribution is -1.91. The van der Waals surface area contributed by atoms with Crippen LogP contribution in [0.2, 0.25) is 2.82 Å². The molecule has 0 saturated heterocycles. The fourth-order valence-electron chi connectivity index (χ4n) is 0.400. The minimum Gasteiger partial charge on any atom is -0.398 e. The van der Waals surface area contributed by atoms with Gasteiger partial charge in [0.2, 0.25) is 0 Å². The molecule has 1 aromatic carbocycles. The van der Waals surface area contributed by atoms with Crippen LogP contribution in [0.4, 0.5) is 5.69 Å². The molecule has 0 spiro atoms. The normalized spacial score (nSPS) is 29.6. The smallest absolute Gasteiger partial charge is 0.156 e. The Kier molecular flexibility index (Phi) is 0.254. The molecule has 0 bridgehead atoms. The summed E-state index contributed by atoms with van der Waals surface area (Å²) < 4.78 is 80.9. The van der Waals surface area contributed by atoms with Gasteiger partial charge in [-0.1, -0.05) is 18.1 Å². The van der Waals surface area contributed by atoms with Crippen LogP contribution in [0.5, 0.6) is 0 Å². The first-order valence-corrected chi connectivity index (χ1v) is 2.22. The van der Waals surface area contributed by atoms with Crippen molar-refractivity contribution in [1.82, 2.24) is 0 Å². The van der Waals surface area contributed by atoms with Crippen LogP contribution in [0.3, 0.4) is 0 Å². The third-order valence-corrected chi connectivity index (χ3v) is 0.849. The van der Waals surface area contributed by atoms with Gasteiger partial charge in [0.25, 0.3) is 0 Å². The van der Waals surface area contributed by atoms with Gasteiger partial charge in [-0.25, -0.2) is 0 Å². The van der Waals surface area contributed by atoms with Gasteiger partial charge in [-0.2, -0.15) is 0 Å². The minimum absolute atomic E-state index is 0.237. The zero-order valence-electron chi connectivity index (χ0n) is 15.4. The van der Waals surface area contributed by atoms with Crippen molar-refractivity contribution in [2.75, 3.05) is 5.72 Å². The summed E-state index contributed by atoms with van der Waals surface area (Å²) in [5, 5.41) is 0. The van der Waals surface area contributed by atoms with E-state index < -0.39 is 48.6 Å². The first-order valence-electron chi connectivity index (χ1n) is 7.62. The fraction of sp³-hybridized carbons (Fsp3) is 0.250. The van der Waals surface area contributed by atoms with Gasteiger partial charge < -0.3 is 5.72 Å². The second-order valence-corrected chi connectivity index (χ2v) is 1.47. The van der Waals surface area contributed by atoms with Gasteiger partial charge in [0.05, 0.1) is 4.11 Å². The Morgan fingerprint density at radius 3 is 2.67 bits per heavy atom. The summed E-state index contributed by atoms with van der Waals surface area (Å²) in [6.45, 7) is -5.95. The maximum atomic E-state index is 7.58. The molecule has 9 heavy (non-hydrogen) atoms. The summed E-state index contributed by atoms with van der Waals surface area (Å²) in [5.74, 6) is 0. The lowest BCUT2D eigenvalue weighted by atomic mass is 10.1. The van der Waals surface area contributed by atoms with Gasteiger partial charge in [-0.15, -0.1) is 0 Å². The third-order valence-electron chi connectivity index (χ3n) is 0.849. The molecule has 0 aliphatic rings. The van der Waals surface area contributed by atoms with Gasteiger partial charge in [-0.3, -0.25) is 0 Å². The Bertz CT molecular complexity index is 486. The van der Waals surface area contributed by atoms with Crippen LogP contribution in [-0.2, 0) is 0 Å². The lowest BCUT2D eigenvalue weighted by molar-refractivity contribution is 1.39. The van der Waals surface area contributed by atoms with Crippen LogP contribution in [0.25, 0.3) is 0 Å². The molecular formula is C8H11N. The summed E-state index contributed by atoms with van der Waals surface area (Å²) >= 11 is 0. The third kappa shape index (κ3) is 1.04. The number of nitrogen functional groups attached to an aromatic ring is 1.